The van der Waals surface area contributed by atoms with Gasteiger partial charge in [0.25, 0.3) is 0 Å². The Morgan fingerprint density at radius 3 is 2.83 bits per heavy atom. The van der Waals surface area contributed by atoms with Gasteiger partial charge in [-0.3, -0.25) is 4.68 Å². The van der Waals surface area contributed by atoms with E-state index in [-0.39, 0.29) is 5.97 Å². The molecule has 2 bridgehead atoms. The van der Waals surface area contributed by atoms with E-state index in [1.807, 2.05) is 11.6 Å². The Kier molecular flexibility index (Phi) is 2.68. The lowest BCUT2D eigenvalue weighted by Gasteiger charge is -2.41. The second-order valence-corrected chi connectivity index (χ2v) is 5.71. The number of carbonyl (C=O) groups excluding carboxylic acids is 1. The van der Waals surface area contributed by atoms with Crippen LogP contribution in [0, 0.1) is 5.92 Å². The molecule has 3 aliphatic carbocycles. The van der Waals surface area contributed by atoms with E-state index in [9.17, 15) is 4.79 Å². The highest BCUT2D eigenvalue weighted by molar-refractivity contribution is 5.89. The summed E-state index contributed by atoms with van der Waals surface area (Å²) >= 11 is 0. The second-order valence-electron chi connectivity index (χ2n) is 5.71. The molecule has 4 rings (SSSR count). The van der Waals surface area contributed by atoms with E-state index in [4.69, 9.17) is 4.74 Å². The summed E-state index contributed by atoms with van der Waals surface area (Å²) in [6.45, 7) is 6.48. The molecule has 4 nitrogen and oxygen atoms in total. The van der Waals surface area contributed by atoms with Gasteiger partial charge >= 0.3 is 5.97 Å². The SMILES string of the molecule is CCOC(=O)c1nn(C(C)C)c2c1CC1CC2C1. The molecule has 0 aromatic carbocycles. The summed E-state index contributed by atoms with van der Waals surface area (Å²) in [6, 6.07) is 0.305. The highest BCUT2D eigenvalue weighted by atomic mass is 16.5. The molecule has 1 heterocycles. The highest BCUT2D eigenvalue weighted by Gasteiger charge is 2.43. The van der Waals surface area contributed by atoms with Gasteiger partial charge in [-0.2, -0.15) is 5.10 Å². The molecule has 1 fully saturated rings. The fraction of sp³-hybridized carbons (Fsp3) is 0.714. The summed E-state index contributed by atoms with van der Waals surface area (Å²) in [7, 11) is 0. The van der Waals surface area contributed by atoms with Gasteiger partial charge in [-0.05, 0) is 46.0 Å². The number of aromatic nitrogens is 2. The summed E-state index contributed by atoms with van der Waals surface area (Å²) < 4.78 is 7.17. The zero-order valence-electron chi connectivity index (χ0n) is 11.3. The van der Waals surface area contributed by atoms with Crippen molar-refractivity contribution < 1.29 is 9.53 Å². The van der Waals surface area contributed by atoms with Crippen LogP contribution in [0.25, 0.3) is 0 Å². The molecular formula is C14H20N2O2. The fourth-order valence-corrected chi connectivity index (χ4v) is 3.29. The molecule has 3 aliphatic rings. The van der Waals surface area contributed by atoms with E-state index < -0.39 is 0 Å². The summed E-state index contributed by atoms with van der Waals surface area (Å²) in [4.78, 5) is 12.0. The Balaban J connectivity index is 2.06. The maximum Gasteiger partial charge on any atom is 0.359 e. The fourth-order valence-electron chi connectivity index (χ4n) is 3.29. The molecule has 1 saturated carbocycles. The summed E-state index contributed by atoms with van der Waals surface area (Å²) in [5.41, 5.74) is 3.03. The van der Waals surface area contributed by atoms with E-state index in [2.05, 4.69) is 18.9 Å². The Morgan fingerprint density at radius 1 is 1.50 bits per heavy atom. The van der Waals surface area contributed by atoms with E-state index in [0.717, 1.165) is 17.9 Å². The Labute approximate surface area is 107 Å². The molecule has 1 aromatic heterocycles. The number of hydrogen-bond acceptors (Lipinski definition) is 3. The molecule has 18 heavy (non-hydrogen) atoms. The minimum Gasteiger partial charge on any atom is -0.461 e. The normalized spacial score (nSPS) is 24.7. The van der Waals surface area contributed by atoms with Crippen LogP contribution in [0.3, 0.4) is 0 Å². The van der Waals surface area contributed by atoms with Crippen LogP contribution < -0.4 is 0 Å². The summed E-state index contributed by atoms with van der Waals surface area (Å²) in [5, 5.41) is 4.53. The van der Waals surface area contributed by atoms with Crippen molar-refractivity contribution in [3.8, 4) is 0 Å². The van der Waals surface area contributed by atoms with Crippen molar-refractivity contribution in [3.63, 3.8) is 0 Å². The van der Waals surface area contributed by atoms with Gasteiger partial charge in [-0.25, -0.2) is 4.79 Å². The average molecular weight is 248 g/mol. The van der Waals surface area contributed by atoms with Crippen molar-refractivity contribution in [2.45, 2.75) is 52.0 Å². The van der Waals surface area contributed by atoms with Crippen LogP contribution in [0.4, 0.5) is 0 Å². The minimum absolute atomic E-state index is 0.255. The first-order valence-electron chi connectivity index (χ1n) is 6.90. The quantitative estimate of drug-likeness (QED) is 0.772. The molecule has 98 valence electrons. The summed E-state index contributed by atoms with van der Waals surface area (Å²) in [5.74, 6) is 1.13. The van der Waals surface area contributed by atoms with Crippen LogP contribution in [-0.4, -0.2) is 22.4 Å². The van der Waals surface area contributed by atoms with Crippen LogP contribution in [0.15, 0.2) is 0 Å². The van der Waals surface area contributed by atoms with E-state index in [0.29, 0.717) is 24.3 Å². The number of hydrogen-bond donors (Lipinski definition) is 0. The minimum atomic E-state index is -0.255. The van der Waals surface area contributed by atoms with Gasteiger partial charge in [0.1, 0.15) is 0 Å². The second kappa shape index (κ2) is 4.11. The Hall–Kier alpha value is -1.32. The van der Waals surface area contributed by atoms with Crippen molar-refractivity contribution in [2.24, 2.45) is 5.92 Å². The topological polar surface area (TPSA) is 44.1 Å². The lowest BCUT2D eigenvalue weighted by molar-refractivity contribution is 0.0516. The van der Waals surface area contributed by atoms with Crippen molar-refractivity contribution in [1.29, 1.82) is 0 Å². The van der Waals surface area contributed by atoms with Crippen molar-refractivity contribution >= 4 is 5.97 Å². The van der Waals surface area contributed by atoms with Crippen molar-refractivity contribution in [3.05, 3.63) is 17.0 Å². The van der Waals surface area contributed by atoms with E-state index in [1.54, 1.807) is 0 Å². The van der Waals surface area contributed by atoms with Gasteiger partial charge < -0.3 is 4.74 Å². The van der Waals surface area contributed by atoms with Gasteiger partial charge in [-0.15, -0.1) is 0 Å². The molecule has 0 radical (unpaired) electrons. The highest BCUT2D eigenvalue weighted by Crippen LogP contribution is 2.51. The maximum atomic E-state index is 12.0. The number of carbonyl (C=O) groups is 1. The smallest absolute Gasteiger partial charge is 0.359 e. The lowest BCUT2D eigenvalue weighted by Crippen LogP contribution is -2.32. The molecule has 0 aliphatic heterocycles. The van der Waals surface area contributed by atoms with Crippen LogP contribution >= 0.6 is 0 Å². The van der Waals surface area contributed by atoms with Crippen LogP contribution in [0.2, 0.25) is 0 Å². The van der Waals surface area contributed by atoms with Crippen molar-refractivity contribution in [2.75, 3.05) is 6.61 Å². The van der Waals surface area contributed by atoms with Gasteiger partial charge in [0.05, 0.1) is 6.61 Å². The largest absolute Gasteiger partial charge is 0.461 e. The first kappa shape index (κ1) is 11.8. The van der Waals surface area contributed by atoms with Gasteiger partial charge in [0, 0.05) is 23.2 Å². The molecular weight excluding hydrogens is 228 g/mol. The predicted molar refractivity (Wildman–Crippen MR) is 67.7 cm³/mol. The van der Waals surface area contributed by atoms with Crippen molar-refractivity contribution in [1.82, 2.24) is 9.78 Å². The van der Waals surface area contributed by atoms with Crippen LogP contribution in [-0.2, 0) is 11.2 Å². The standard InChI is InChI=1S/C14H20N2O2/c1-4-18-14(17)12-11-7-9-5-10(6-9)13(11)16(15-12)8(2)3/h8-10H,4-7H2,1-3H3. The monoisotopic (exact) mass is 248 g/mol. The number of nitrogens with zero attached hydrogens (tertiary/aromatic N) is 2. The third-order valence-electron chi connectivity index (χ3n) is 4.12. The molecule has 1 aromatic rings. The zero-order chi connectivity index (χ0) is 12.9. The molecule has 0 atom stereocenters. The number of ether oxygens (including phenoxy) is 1. The van der Waals surface area contributed by atoms with Gasteiger partial charge in [0.2, 0.25) is 0 Å². The molecule has 4 heteroatoms. The van der Waals surface area contributed by atoms with E-state index in [1.165, 1.54) is 18.5 Å². The summed E-state index contributed by atoms with van der Waals surface area (Å²) in [6.07, 6.45) is 3.55. The average Bonchev–Trinajstić information content (AvgIpc) is 2.67. The number of rotatable bonds is 3. The van der Waals surface area contributed by atoms with E-state index >= 15 is 0 Å². The third-order valence-corrected chi connectivity index (χ3v) is 4.12. The molecule has 0 unspecified atom stereocenters. The molecule has 0 spiro atoms. The molecule has 0 N–H and O–H groups in total. The maximum absolute atomic E-state index is 12.0. The first-order chi connectivity index (χ1) is 8.61. The van der Waals surface area contributed by atoms with Crippen LogP contribution in [0.5, 0.6) is 0 Å². The zero-order valence-corrected chi connectivity index (χ0v) is 11.3. The lowest BCUT2D eigenvalue weighted by atomic mass is 9.64. The molecule has 0 amide bonds. The first-order valence-corrected chi connectivity index (χ1v) is 6.90. The third kappa shape index (κ3) is 1.58. The van der Waals surface area contributed by atoms with Crippen LogP contribution in [0.1, 0.15) is 67.3 Å². The molecule has 0 saturated heterocycles. The van der Waals surface area contributed by atoms with Gasteiger partial charge in [-0.1, -0.05) is 0 Å². The predicted octanol–water partition coefficient (Wildman–Crippen LogP) is 2.69. The Morgan fingerprint density at radius 2 is 2.22 bits per heavy atom. The Bertz CT molecular complexity index is 484. The number of esters is 1. The van der Waals surface area contributed by atoms with Gasteiger partial charge in [0.15, 0.2) is 5.69 Å².